The molecule has 1 aromatic rings. The zero-order chi connectivity index (χ0) is 10.7. The molecule has 2 rings (SSSR count). The van der Waals surface area contributed by atoms with Crippen molar-refractivity contribution in [3.05, 3.63) is 29.6 Å². The van der Waals surface area contributed by atoms with Crippen LogP contribution in [0.25, 0.3) is 0 Å². The Morgan fingerprint density at radius 3 is 3.13 bits per heavy atom. The molecule has 1 amide bonds. The number of hydrogen-bond donors (Lipinski definition) is 2. The maximum atomic E-state index is 11.7. The number of amides is 1. The number of nitrogens with one attached hydrogen (secondary N) is 2. The van der Waals surface area contributed by atoms with Gasteiger partial charge in [0.1, 0.15) is 0 Å². The molecule has 2 N–H and O–H groups in total. The Labute approximate surface area is 88.8 Å². The summed E-state index contributed by atoms with van der Waals surface area (Å²) in [6.45, 7) is 4.05. The summed E-state index contributed by atoms with van der Waals surface area (Å²) in [7, 11) is 0. The van der Waals surface area contributed by atoms with Crippen molar-refractivity contribution in [3.63, 3.8) is 0 Å². The highest BCUT2D eigenvalue weighted by Gasteiger charge is 2.20. The van der Waals surface area contributed by atoms with Gasteiger partial charge in [-0.3, -0.25) is 9.89 Å². The number of rotatable bonds is 3. The lowest BCUT2D eigenvalue weighted by molar-refractivity contribution is 0.0952. The number of aromatic amines is 1. The van der Waals surface area contributed by atoms with Gasteiger partial charge in [-0.25, -0.2) is 0 Å². The van der Waals surface area contributed by atoms with E-state index in [1.165, 1.54) is 6.42 Å². The Balaban J connectivity index is 2.17. The molecule has 0 fully saturated rings. The zero-order valence-electron chi connectivity index (χ0n) is 8.68. The molecular formula is C11H15N3O. The Morgan fingerprint density at radius 2 is 2.33 bits per heavy atom. The summed E-state index contributed by atoms with van der Waals surface area (Å²) in [6.07, 6.45) is 5.97. The molecule has 0 saturated carbocycles. The predicted molar refractivity (Wildman–Crippen MR) is 57.8 cm³/mol. The van der Waals surface area contributed by atoms with Gasteiger partial charge < -0.3 is 5.32 Å². The van der Waals surface area contributed by atoms with Gasteiger partial charge in [0.05, 0.1) is 0 Å². The highest BCUT2D eigenvalue weighted by atomic mass is 16.1. The SMILES string of the molecule is C=CCNC(=O)c1n[nH]c2c1CCCC2. The summed E-state index contributed by atoms with van der Waals surface area (Å²) in [6, 6.07) is 0. The molecular weight excluding hydrogens is 190 g/mol. The third kappa shape index (κ3) is 1.93. The van der Waals surface area contributed by atoms with Crippen molar-refractivity contribution in [1.82, 2.24) is 15.5 Å². The van der Waals surface area contributed by atoms with E-state index >= 15 is 0 Å². The third-order valence-corrected chi connectivity index (χ3v) is 2.68. The maximum absolute atomic E-state index is 11.7. The van der Waals surface area contributed by atoms with Gasteiger partial charge >= 0.3 is 0 Å². The van der Waals surface area contributed by atoms with E-state index in [0.29, 0.717) is 12.2 Å². The fraction of sp³-hybridized carbons (Fsp3) is 0.455. The van der Waals surface area contributed by atoms with Crippen molar-refractivity contribution in [2.45, 2.75) is 25.7 Å². The van der Waals surface area contributed by atoms with Gasteiger partial charge in [0.2, 0.25) is 0 Å². The van der Waals surface area contributed by atoms with Crippen LogP contribution in [0.5, 0.6) is 0 Å². The van der Waals surface area contributed by atoms with Crippen LogP contribution in [0.1, 0.15) is 34.6 Å². The van der Waals surface area contributed by atoms with Crippen LogP contribution in [-0.2, 0) is 12.8 Å². The molecule has 0 atom stereocenters. The largest absolute Gasteiger partial charge is 0.347 e. The molecule has 15 heavy (non-hydrogen) atoms. The van der Waals surface area contributed by atoms with Crippen LogP contribution in [0.2, 0.25) is 0 Å². The van der Waals surface area contributed by atoms with E-state index in [0.717, 1.165) is 30.5 Å². The van der Waals surface area contributed by atoms with Crippen LogP contribution in [0.3, 0.4) is 0 Å². The van der Waals surface area contributed by atoms with Crippen LogP contribution >= 0.6 is 0 Å². The van der Waals surface area contributed by atoms with E-state index in [4.69, 9.17) is 0 Å². The van der Waals surface area contributed by atoms with Gasteiger partial charge in [-0.15, -0.1) is 6.58 Å². The van der Waals surface area contributed by atoms with E-state index in [-0.39, 0.29) is 5.91 Å². The van der Waals surface area contributed by atoms with Gasteiger partial charge in [-0.05, 0) is 25.7 Å². The summed E-state index contributed by atoms with van der Waals surface area (Å²) in [5.41, 5.74) is 2.79. The first-order chi connectivity index (χ1) is 7.33. The van der Waals surface area contributed by atoms with Crippen molar-refractivity contribution in [1.29, 1.82) is 0 Å². The van der Waals surface area contributed by atoms with Crippen LogP contribution in [0.4, 0.5) is 0 Å². The number of carbonyl (C=O) groups is 1. The van der Waals surface area contributed by atoms with Gasteiger partial charge in [0, 0.05) is 17.8 Å². The fourth-order valence-electron chi connectivity index (χ4n) is 1.92. The first-order valence-corrected chi connectivity index (χ1v) is 5.28. The van der Waals surface area contributed by atoms with Crippen molar-refractivity contribution < 1.29 is 4.79 Å². The van der Waals surface area contributed by atoms with E-state index in [9.17, 15) is 4.79 Å². The Kier molecular flexibility index (Phi) is 2.85. The summed E-state index contributed by atoms with van der Waals surface area (Å²) in [5, 5.41) is 9.77. The molecule has 0 saturated heterocycles. The third-order valence-electron chi connectivity index (χ3n) is 2.68. The monoisotopic (exact) mass is 205 g/mol. The number of aryl methyl sites for hydroxylation is 1. The molecule has 0 aromatic carbocycles. The van der Waals surface area contributed by atoms with Gasteiger partial charge in [0.25, 0.3) is 5.91 Å². The molecule has 0 spiro atoms. The zero-order valence-corrected chi connectivity index (χ0v) is 8.68. The Morgan fingerprint density at radius 1 is 1.53 bits per heavy atom. The molecule has 1 heterocycles. The number of nitrogens with zero attached hydrogens (tertiary/aromatic N) is 1. The fourth-order valence-corrected chi connectivity index (χ4v) is 1.92. The number of H-pyrrole nitrogens is 1. The molecule has 0 aliphatic heterocycles. The summed E-state index contributed by atoms with van der Waals surface area (Å²) in [5.74, 6) is -0.102. The topological polar surface area (TPSA) is 57.8 Å². The van der Waals surface area contributed by atoms with Crippen LogP contribution in [0.15, 0.2) is 12.7 Å². The number of fused-ring (bicyclic) bond motifs is 1. The van der Waals surface area contributed by atoms with E-state index < -0.39 is 0 Å². The standard InChI is InChI=1S/C11H15N3O/c1-2-7-12-11(15)10-8-5-3-4-6-9(8)13-14-10/h2H,1,3-7H2,(H,12,15)(H,13,14). The minimum absolute atomic E-state index is 0.102. The average Bonchev–Trinajstić information content (AvgIpc) is 2.69. The van der Waals surface area contributed by atoms with Crippen LogP contribution < -0.4 is 5.32 Å². The minimum Gasteiger partial charge on any atom is -0.347 e. The molecule has 0 unspecified atom stereocenters. The quantitative estimate of drug-likeness (QED) is 0.728. The van der Waals surface area contributed by atoms with Gasteiger partial charge in [-0.2, -0.15) is 5.10 Å². The van der Waals surface area contributed by atoms with E-state index in [1.54, 1.807) is 6.08 Å². The molecule has 1 aromatic heterocycles. The average molecular weight is 205 g/mol. The minimum atomic E-state index is -0.102. The van der Waals surface area contributed by atoms with Crippen molar-refractivity contribution in [2.75, 3.05) is 6.54 Å². The van der Waals surface area contributed by atoms with Gasteiger partial charge in [0.15, 0.2) is 5.69 Å². The van der Waals surface area contributed by atoms with Crippen molar-refractivity contribution in [3.8, 4) is 0 Å². The molecule has 4 heteroatoms. The molecule has 0 radical (unpaired) electrons. The second kappa shape index (κ2) is 4.29. The highest BCUT2D eigenvalue weighted by Crippen LogP contribution is 2.21. The maximum Gasteiger partial charge on any atom is 0.272 e. The molecule has 1 aliphatic carbocycles. The first-order valence-electron chi connectivity index (χ1n) is 5.28. The highest BCUT2D eigenvalue weighted by molar-refractivity contribution is 5.94. The smallest absolute Gasteiger partial charge is 0.272 e. The molecule has 0 bridgehead atoms. The summed E-state index contributed by atoms with van der Waals surface area (Å²) < 4.78 is 0. The number of hydrogen-bond acceptors (Lipinski definition) is 2. The van der Waals surface area contributed by atoms with Crippen LogP contribution in [0, 0.1) is 0 Å². The van der Waals surface area contributed by atoms with Gasteiger partial charge in [-0.1, -0.05) is 6.08 Å². The number of aromatic nitrogens is 2. The number of carbonyl (C=O) groups excluding carboxylic acids is 1. The second-order valence-corrected chi connectivity index (χ2v) is 3.74. The second-order valence-electron chi connectivity index (χ2n) is 3.74. The lowest BCUT2D eigenvalue weighted by Gasteiger charge is -2.10. The normalized spacial score (nSPS) is 14.4. The predicted octanol–water partition coefficient (Wildman–Crippen LogP) is 1.20. The lowest BCUT2D eigenvalue weighted by Crippen LogP contribution is -2.25. The first kappa shape index (κ1) is 9.96. The Bertz CT molecular complexity index is 381. The van der Waals surface area contributed by atoms with E-state index in [1.807, 2.05) is 0 Å². The van der Waals surface area contributed by atoms with Crippen LogP contribution in [-0.4, -0.2) is 22.6 Å². The van der Waals surface area contributed by atoms with Crippen molar-refractivity contribution >= 4 is 5.91 Å². The lowest BCUT2D eigenvalue weighted by atomic mass is 9.96. The van der Waals surface area contributed by atoms with E-state index in [2.05, 4.69) is 22.1 Å². The summed E-state index contributed by atoms with van der Waals surface area (Å²) in [4.78, 5) is 11.7. The molecule has 80 valence electrons. The van der Waals surface area contributed by atoms with Crippen molar-refractivity contribution in [2.24, 2.45) is 0 Å². The summed E-state index contributed by atoms with van der Waals surface area (Å²) >= 11 is 0. The Hall–Kier alpha value is -1.58. The molecule has 4 nitrogen and oxygen atoms in total. The molecule has 1 aliphatic rings.